The Morgan fingerprint density at radius 3 is 2.50 bits per heavy atom. The van der Waals surface area contributed by atoms with Gasteiger partial charge in [0.15, 0.2) is 0 Å². The van der Waals surface area contributed by atoms with Gasteiger partial charge in [0.25, 0.3) is 0 Å². The van der Waals surface area contributed by atoms with Crippen LogP contribution >= 0.6 is 11.6 Å². The lowest BCUT2D eigenvalue weighted by Crippen LogP contribution is -2.32. The Balaban J connectivity index is 1.88. The molecule has 6 nitrogen and oxygen atoms in total. The SMILES string of the molecule is CCOc1ccc(NC(=O)C(=O)N/N=C\c2ccccc2Cl)cc1. The normalized spacial score (nSPS) is 10.4. The van der Waals surface area contributed by atoms with Gasteiger partial charge in [0.1, 0.15) is 5.75 Å². The number of nitrogens with zero attached hydrogens (tertiary/aromatic N) is 1. The number of ether oxygens (including phenoxy) is 1. The van der Waals surface area contributed by atoms with Crippen molar-refractivity contribution in [2.45, 2.75) is 6.92 Å². The summed E-state index contributed by atoms with van der Waals surface area (Å²) in [5.74, 6) is -1.02. The molecule has 0 spiro atoms. The molecule has 7 heteroatoms. The molecule has 0 aliphatic heterocycles. The molecule has 0 aromatic heterocycles. The number of hydrogen-bond acceptors (Lipinski definition) is 4. The predicted octanol–water partition coefficient (Wildman–Crippen LogP) is 2.83. The van der Waals surface area contributed by atoms with Crippen molar-refractivity contribution in [2.24, 2.45) is 5.10 Å². The first kappa shape index (κ1) is 17.5. The van der Waals surface area contributed by atoms with E-state index in [2.05, 4.69) is 15.8 Å². The third-order valence-electron chi connectivity index (χ3n) is 2.90. The van der Waals surface area contributed by atoms with Crippen molar-refractivity contribution >= 4 is 35.3 Å². The Bertz CT molecular complexity index is 745. The number of amides is 2. The number of carbonyl (C=O) groups excluding carboxylic acids is 2. The highest BCUT2D eigenvalue weighted by Gasteiger charge is 2.12. The van der Waals surface area contributed by atoms with Gasteiger partial charge in [0.2, 0.25) is 0 Å². The molecule has 2 aromatic rings. The molecule has 24 heavy (non-hydrogen) atoms. The second kappa shape index (κ2) is 8.69. The third kappa shape index (κ3) is 5.10. The first-order chi connectivity index (χ1) is 11.6. The van der Waals surface area contributed by atoms with Gasteiger partial charge in [-0.05, 0) is 37.3 Å². The van der Waals surface area contributed by atoms with E-state index in [0.717, 1.165) is 0 Å². The minimum atomic E-state index is -0.882. The van der Waals surface area contributed by atoms with Gasteiger partial charge < -0.3 is 10.1 Å². The highest BCUT2D eigenvalue weighted by Crippen LogP contribution is 2.15. The molecule has 0 aliphatic carbocycles. The van der Waals surface area contributed by atoms with E-state index in [0.29, 0.717) is 28.6 Å². The number of carbonyl (C=O) groups is 2. The lowest BCUT2D eigenvalue weighted by molar-refractivity contribution is -0.136. The molecule has 0 saturated carbocycles. The zero-order chi connectivity index (χ0) is 17.4. The Morgan fingerprint density at radius 1 is 1.12 bits per heavy atom. The maximum absolute atomic E-state index is 11.8. The Hall–Kier alpha value is -2.86. The van der Waals surface area contributed by atoms with Crippen LogP contribution in [0.1, 0.15) is 12.5 Å². The monoisotopic (exact) mass is 345 g/mol. The van der Waals surface area contributed by atoms with Gasteiger partial charge >= 0.3 is 11.8 Å². The number of halogens is 1. The summed E-state index contributed by atoms with van der Waals surface area (Å²) in [7, 11) is 0. The summed E-state index contributed by atoms with van der Waals surface area (Å²) in [6, 6.07) is 13.7. The van der Waals surface area contributed by atoms with Gasteiger partial charge in [-0.1, -0.05) is 29.8 Å². The maximum atomic E-state index is 11.8. The van der Waals surface area contributed by atoms with Crippen LogP contribution in [0.2, 0.25) is 5.02 Å². The number of nitrogens with one attached hydrogen (secondary N) is 2. The van der Waals surface area contributed by atoms with E-state index in [1.54, 1.807) is 48.5 Å². The summed E-state index contributed by atoms with van der Waals surface area (Å²) in [6.07, 6.45) is 1.37. The molecule has 0 aliphatic rings. The number of hydrazone groups is 1. The summed E-state index contributed by atoms with van der Waals surface area (Å²) in [4.78, 5) is 23.5. The molecule has 2 amide bonds. The highest BCUT2D eigenvalue weighted by molar-refractivity contribution is 6.39. The summed E-state index contributed by atoms with van der Waals surface area (Å²) in [5.41, 5.74) is 3.26. The van der Waals surface area contributed by atoms with Crippen molar-refractivity contribution in [1.29, 1.82) is 0 Å². The van der Waals surface area contributed by atoms with Crippen LogP contribution in [0.3, 0.4) is 0 Å². The standard InChI is InChI=1S/C17H16ClN3O3/c1-2-24-14-9-7-13(8-10-14)20-16(22)17(23)21-19-11-12-5-3-4-6-15(12)18/h3-11H,2H2,1H3,(H,20,22)(H,21,23)/b19-11-. The minimum Gasteiger partial charge on any atom is -0.494 e. The molecule has 0 heterocycles. The first-order valence-corrected chi connectivity index (χ1v) is 7.59. The summed E-state index contributed by atoms with van der Waals surface area (Å²) in [5, 5.41) is 6.67. The van der Waals surface area contributed by atoms with Crippen molar-refractivity contribution in [3.8, 4) is 5.75 Å². The Kier molecular flexibility index (Phi) is 6.33. The maximum Gasteiger partial charge on any atom is 0.329 e. The molecule has 0 saturated heterocycles. The largest absolute Gasteiger partial charge is 0.494 e. The van der Waals surface area contributed by atoms with Crippen LogP contribution in [0.4, 0.5) is 5.69 Å². The van der Waals surface area contributed by atoms with Crippen molar-refractivity contribution in [2.75, 3.05) is 11.9 Å². The molecule has 2 N–H and O–H groups in total. The average molecular weight is 346 g/mol. The topological polar surface area (TPSA) is 79.8 Å². The van der Waals surface area contributed by atoms with E-state index < -0.39 is 11.8 Å². The summed E-state index contributed by atoms with van der Waals surface area (Å²) >= 11 is 5.95. The van der Waals surface area contributed by atoms with E-state index in [4.69, 9.17) is 16.3 Å². The second-order valence-corrected chi connectivity index (χ2v) is 5.04. The molecule has 0 fully saturated rings. The van der Waals surface area contributed by atoms with E-state index in [1.807, 2.05) is 6.92 Å². The molecule has 2 rings (SSSR count). The lowest BCUT2D eigenvalue weighted by atomic mass is 10.2. The van der Waals surface area contributed by atoms with Gasteiger partial charge in [0, 0.05) is 16.3 Å². The van der Waals surface area contributed by atoms with Crippen molar-refractivity contribution < 1.29 is 14.3 Å². The fourth-order valence-corrected chi connectivity index (χ4v) is 1.96. The van der Waals surface area contributed by atoms with E-state index >= 15 is 0 Å². The van der Waals surface area contributed by atoms with Crippen LogP contribution in [0, 0.1) is 0 Å². The van der Waals surface area contributed by atoms with Crippen LogP contribution < -0.4 is 15.5 Å². The fraction of sp³-hybridized carbons (Fsp3) is 0.118. The summed E-state index contributed by atoms with van der Waals surface area (Å²) < 4.78 is 5.30. The van der Waals surface area contributed by atoms with E-state index in [-0.39, 0.29) is 0 Å². The molecular formula is C17H16ClN3O3. The van der Waals surface area contributed by atoms with Crippen LogP contribution in [-0.4, -0.2) is 24.6 Å². The molecular weight excluding hydrogens is 330 g/mol. The number of hydrogen-bond donors (Lipinski definition) is 2. The van der Waals surface area contributed by atoms with Gasteiger partial charge in [-0.15, -0.1) is 0 Å². The summed E-state index contributed by atoms with van der Waals surface area (Å²) in [6.45, 7) is 2.43. The van der Waals surface area contributed by atoms with Crippen LogP contribution in [0.15, 0.2) is 53.6 Å². The van der Waals surface area contributed by atoms with Crippen molar-refractivity contribution in [3.05, 3.63) is 59.1 Å². The van der Waals surface area contributed by atoms with E-state index in [9.17, 15) is 9.59 Å². The second-order valence-electron chi connectivity index (χ2n) is 4.63. The number of benzene rings is 2. The Labute approximate surface area is 144 Å². The smallest absolute Gasteiger partial charge is 0.329 e. The lowest BCUT2D eigenvalue weighted by Gasteiger charge is -2.06. The van der Waals surface area contributed by atoms with Crippen molar-refractivity contribution in [1.82, 2.24) is 5.43 Å². The zero-order valence-corrected chi connectivity index (χ0v) is 13.7. The van der Waals surface area contributed by atoms with Gasteiger partial charge in [-0.2, -0.15) is 5.10 Å². The van der Waals surface area contributed by atoms with E-state index in [1.165, 1.54) is 6.21 Å². The van der Waals surface area contributed by atoms with Crippen LogP contribution in [0.5, 0.6) is 5.75 Å². The highest BCUT2D eigenvalue weighted by atomic mass is 35.5. The molecule has 0 radical (unpaired) electrons. The van der Waals surface area contributed by atoms with Gasteiger partial charge in [-0.25, -0.2) is 5.43 Å². The molecule has 0 atom stereocenters. The fourth-order valence-electron chi connectivity index (χ4n) is 1.78. The van der Waals surface area contributed by atoms with Crippen molar-refractivity contribution in [3.63, 3.8) is 0 Å². The first-order valence-electron chi connectivity index (χ1n) is 7.22. The molecule has 0 unspecified atom stereocenters. The van der Waals surface area contributed by atoms with Crippen LogP contribution in [0.25, 0.3) is 0 Å². The minimum absolute atomic E-state index is 0.480. The molecule has 0 bridgehead atoms. The predicted molar refractivity (Wildman–Crippen MR) is 93.4 cm³/mol. The third-order valence-corrected chi connectivity index (χ3v) is 3.25. The van der Waals surface area contributed by atoms with Gasteiger partial charge in [-0.3, -0.25) is 9.59 Å². The molecule has 124 valence electrons. The average Bonchev–Trinajstić information content (AvgIpc) is 2.58. The quantitative estimate of drug-likeness (QED) is 0.497. The Morgan fingerprint density at radius 2 is 1.83 bits per heavy atom. The van der Waals surface area contributed by atoms with Gasteiger partial charge in [0.05, 0.1) is 12.8 Å². The zero-order valence-electron chi connectivity index (χ0n) is 13.0. The number of rotatable bonds is 5. The number of anilines is 1. The molecule has 2 aromatic carbocycles. The van der Waals surface area contributed by atoms with Crippen LogP contribution in [-0.2, 0) is 9.59 Å².